The van der Waals surface area contributed by atoms with E-state index in [1.165, 1.54) is 26.0 Å². The van der Waals surface area contributed by atoms with Gasteiger partial charge in [-0.2, -0.15) is 9.67 Å². The fraction of sp³-hybridized carbons (Fsp3) is 0.174. The summed E-state index contributed by atoms with van der Waals surface area (Å²) in [7, 11) is 4.52. The van der Waals surface area contributed by atoms with Crippen LogP contribution in [0, 0.1) is 0 Å². The predicted molar refractivity (Wildman–Crippen MR) is 123 cm³/mol. The molecule has 164 valence electrons. The molecule has 4 aromatic rings. The Balaban J connectivity index is 1.75. The summed E-state index contributed by atoms with van der Waals surface area (Å²) in [4.78, 5) is 19.2. The number of anilines is 1. The monoisotopic (exact) mass is 450 g/mol. The standard InChI is InChI=1S/C23H22N4O4S/c1-29-18-12-16(13-19(30-2)20(18)31-3)22(28)27-23(24-14-17-10-7-11-32-17)25-21(26-27)15-8-5-4-6-9-15/h4-13H,14H2,1-3H3,(H,24,25,26). The van der Waals surface area contributed by atoms with Crippen molar-refractivity contribution in [2.75, 3.05) is 26.6 Å². The number of carbonyl (C=O) groups excluding carboxylic acids is 1. The van der Waals surface area contributed by atoms with E-state index in [0.29, 0.717) is 41.1 Å². The van der Waals surface area contributed by atoms with E-state index in [9.17, 15) is 4.79 Å². The third-order valence-electron chi connectivity index (χ3n) is 4.74. The topological polar surface area (TPSA) is 87.5 Å². The van der Waals surface area contributed by atoms with Gasteiger partial charge in [-0.3, -0.25) is 4.79 Å². The number of methoxy groups -OCH3 is 3. The molecule has 4 rings (SSSR count). The Bertz CT molecular complexity index is 1180. The maximum atomic E-state index is 13.5. The molecule has 9 heteroatoms. The lowest BCUT2D eigenvalue weighted by atomic mass is 10.1. The average molecular weight is 451 g/mol. The van der Waals surface area contributed by atoms with E-state index in [1.54, 1.807) is 23.5 Å². The van der Waals surface area contributed by atoms with Crippen molar-refractivity contribution >= 4 is 23.2 Å². The second kappa shape index (κ2) is 9.52. The van der Waals surface area contributed by atoms with Gasteiger partial charge in [0.15, 0.2) is 17.3 Å². The van der Waals surface area contributed by atoms with Crippen molar-refractivity contribution in [1.82, 2.24) is 14.8 Å². The smallest absolute Gasteiger partial charge is 0.281 e. The number of hydrogen-bond donors (Lipinski definition) is 1. The molecule has 0 aliphatic heterocycles. The number of nitrogens with one attached hydrogen (secondary N) is 1. The minimum absolute atomic E-state index is 0.322. The summed E-state index contributed by atoms with van der Waals surface area (Å²) < 4.78 is 17.4. The van der Waals surface area contributed by atoms with Gasteiger partial charge in [0.25, 0.3) is 5.91 Å². The van der Waals surface area contributed by atoms with E-state index in [1.807, 2.05) is 47.8 Å². The zero-order chi connectivity index (χ0) is 22.5. The molecule has 2 aromatic heterocycles. The molecule has 32 heavy (non-hydrogen) atoms. The molecular weight excluding hydrogens is 428 g/mol. The number of rotatable bonds is 8. The van der Waals surface area contributed by atoms with E-state index in [-0.39, 0.29) is 5.91 Å². The highest BCUT2D eigenvalue weighted by Crippen LogP contribution is 2.38. The fourth-order valence-electron chi connectivity index (χ4n) is 3.18. The quantitative estimate of drug-likeness (QED) is 0.427. The second-order valence-corrected chi connectivity index (χ2v) is 7.72. The number of nitrogens with zero attached hydrogens (tertiary/aromatic N) is 3. The fourth-order valence-corrected chi connectivity index (χ4v) is 3.83. The molecule has 0 spiro atoms. The molecule has 0 aliphatic carbocycles. The number of benzene rings is 2. The molecule has 2 heterocycles. The Labute approximate surface area is 189 Å². The Morgan fingerprint density at radius 3 is 2.31 bits per heavy atom. The van der Waals surface area contributed by atoms with E-state index in [4.69, 9.17) is 14.2 Å². The lowest BCUT2D eigenvalue weighted by molar-refractivity contribution is 0.0946. The first-order valence-corrected chi connectivity index (χ1v) is 10.7. The van der Waals surface area contributed by atoms with Crippen LogP contribution in [0.2, 0.25) is 0 Å². The molecule has 0 unspecified atom stereocenters. The number of carbonyl (C=O) groups is 1. The lowest BCUT2D eigenvalue weighted by Crippen LogP contribution is -2.18. The van der Waals surface area contributed by atoms with Crippen molar-refractivity contribution < 1.29 is 19.0 Å². The molecular formula is C23H22N4O4S. The van der Waals surface area contributed by atoms with Gasteiger partial charge >= 0.3 is 0 Å². The summed E-state index contributed by atoms with van der Waals surface area (Å²) in [6.45, 7) is 0.521. The van der Waals surface area contributed by atoms with Gasteiger partial charge in [0, 0.05) is 16.0 Å². The summed E-state index contributed by atoms with van der Waals surface area (Å²) in [6, 6.07) is 16.7. The highest BCUT2D eigenvalue weighted by atomic mass is 32.1. The van der Waals surface area contributed by atoms with E-state index >= 15 is 0 Å². The summed E-state index contributed by atoms with van der Waals surface area (Å²) in [5, 5.41) is 9.72. The van der Waals surface area contributed by atoms with Crippen LogP contribution >= 0.6 is 11.3 Å². The first-order chi connectivity index (χ1) is 15.6. The Morgan fingerprint density at radius 2 is 1.72 bits per heavy atom. The molecule has 0 bridgehead atoms. The van der Waals surface area contributed by atoms with Crippen LogP contribution in [0.4, 0.5) is 5.95 Å². The molecule has 0 aliphatic rings. The molecule has 1 N–H and O–H groups in total. The van der Waals surface area contributed by atoms with E-state index in [2.05, 4.69) is 15.4 Å². The predicted octanol–water partition coefficient (Wildman–Crippen LogP) is 4.33. The van der Waals surface area contributed by atoms with Crippen LogP contribution in [0.5, 0.6) is 17.2 Å². The Kier molecular flexibility index (Phi) is 6.37. The van der Waals surface area contributed by atoms with Gasteiger partial charge in [-0.05, 0) is 23.6 Å². The van der Waals surface area contributed by atoms with Crippen molar-refractivity contribution in [2.45, 2.75) is 6.54 Å². The van der Waals surface area contributed by atoms with E-state index in [0.717, 1.165) is 10.4 Å². The van der Waals surface area contributed by atoms with Crippen LogP contribution in [0.25, 0.3) is 11.4 Å². The average Bonchev–Trinajstić information content (AvgIpc) is 3.51. The minimum Gasteiger partial charge on any atom is -0.493 e. The Hall–Kier alpha value is -3.85. The summed E-state index contributed by atoms with van der Waals surface area (Å²) in [5.41, 5.74) is 1.13. The molecule has 8 nitrogen and oxygen atoms in total. The van der Waals surface area contributed by atoms with Crippen LogP contribution < -0.4 is 19.5 Å². The van der Waals surface area contributed by atoms with Gasteiger partial charge in [-0.1, -0.05) is 36.4 Å². The molecule has 0 saturated carbocycles. The molecule has 0 amide bonds. The van der Waals surface area contributed by atoms with Crippen LogP contribution in [-0.2, 0) is 6.54 Å². The first kappa shape index (κ1) is 21.4. The molecule has 0 fully saturated rings. The number of ether oxygens (including phenoxy) is 3. The van der Waals surface area contributed by atoms with Crippen molar-refractivity contribution in [1.29, 1.82) is 0 Å². The van der Waals surface area contributed by atoms with Crippen molar-refractivity contribution in [3.8, 4) is 28.6 Å². The van der Waals surface area contributed by atoms with Crippen molar-refractivity contribution in [2.24, 2.45) is 0 Å². The second-order valence-electron chi connectivity index (χ2n) is 6.69. The number of hydrogen-bond acceptors (Lipinski definition) is 8. The molecule has 0 atom stereocenters. The van der Waals surface area contributed by atoms with Gasteiger partial charge < -0.3 is 19.5 Å². The van der Waals surface area contributed by atoms with Gasteiger partial charge in [0.2, 0.25) is 11.7 Å². The van der Waals surface area contributed by atoms with Gasteiger partial charge in [0.05, 0.1) is 27.9 Å². The maximum Gasteiger partial charge on any atom is 0.281 e. The third kappa shape index (κ3) is 4.28. The van der Waals surface area contributed by atoms with Gasteiger partial charge in [-0.15, -0.1) is 16.4 Å². The molecule has 0 saturated heterocycles. The molecule has 0 radical (unpaired) electrons. The summed E-state index contributed by atoms with van der Waals surface area (Å²) in [5.74, 6) is 1.58. The first-order valence-electron chi connectivity index (χ1n) is 9.78. The zero-order valence-corrected chi connectivity index (χ0v) is 18.7. The molecule has 2 aromatic carbocycles. The van der Waals surface area contributed by atoms with Gasteiger partial charge in [0.1, 0.15) is 0 Å². The zero-order valence-electron chi connectivity index (χ0n) is 17.9. The van der Waals surface area contributed by atoms with Crippen molar-refractivity contribution in [3.05, 3.63) is 70.4 Å². The largest absolute Gasteiger partial charge is 0.493 e. The van der Waals surface area contributed by atoms with Crippen LogP contribution in [0.3, 0.4) is 0 Å². The van der Waals surface area contributed by atoms with E-state index < -0.39 is 0 Å². The summed E-state index contributed by atoms with van der Waals surface area (Å²) in [6.07, 6.45) is 0. The number of aromatic nitrogens is 3. The summed E-state index contributed by atoms with van der Waals surface area (Å²) >= 11 is 1.62. The van der Waals surface area contributed by atoms with Gasteiger partial charge in [-0.25, -0.2) is 0 Å². The minimum atomic E-state index is -0.382. The highest BCUT2D eigenvalue weighted by Gasteiger charge is 2.22. The van der Waals surface area contributed by atoms with Crippen molar-refractivity contribution in [3.63, 3.8) is 0 Å². The lowest BCUT2D eigenvalue weighted by Gasteiger charge is -2.14. The Morgan fingerprint density at radius 1 is 1.00 bits per heavy atom. The number of thiophene rings is 1. The maximum absolute atomic E-state index is 13.5. The third-order valence-corrected chi connectivity index (χ3v) is 5.62. The van der Waals surface area contributed by atoms with Crippen LogP contribution in [-0.4, -0.2) is 42.0 Å². The highest BCUT2D eigenvalue weighted by molar-refractivity contribution is 7.09. The SMILES string of the molecule is COc1cc(C(=O)n2nc(-c3ccccc3)nc2NCc2cccs2)cc(OC)c1OC. The normalized spacial score (nSPS) is 10.6. The van der Waals surface area contributed by atoms with Crippen LogP contribution in [0.1, 0.15) is 15.2 Å². The van der Waals surface area contributed by atoms with Crippen LogP contribution in [0.15, 0.2) is 60.0 Å².